The number of nitrogens with one attached hydrogen (secondary N) is 1. The Morgan fingerprint density at radius 3 is 2.84 bits per heavy atom. The van der Waals surface area contributed by atoms with Crippen LogP contribution in [0.25, 0.3) is 0 Å². The van der Waals surface area contributed by atoms with Crippen LogP contribution in [0.1, 0.15) is 29.3 Å². The topological polar surface area (TPSA) is 92.4 Å². The summed E-state index contributed by atoms with van der Waals surface area (Å²) in [5.74, 6) is 4.48. The van der Waals surface area contributed by atoms with Gasteiger partial charge in [-0.05, 0) is 25.1 Å². The molecule has 0 bridgehead atoms. The molecule has 0 heterocycles. The van der Waals surface area contributed by atoms with Gasteiger partial charge in [-0.1, -0.05) is 17.9 Å². The van der Waals surface area contributed by atoms with Crippen LogP contribution in [-0.2, 0) is 4.79 Å². The van der Waals surface area contributed by atoms with Gasteiger partial charge in [-0.15, -0.1) is 0 Å². The molecule has 1 unspecified atom stereocenters. The van der Waals surface area contributed by atoms with Gasteiger partial charge in [-0.25, -0.2) is 0 Å². The summed E-state index contributed by atoms with van der Waals surface area (Å²) in [5, 5.41) is 11.3. The summed E-state index contributed by atoms with van der Waals surface area (Å²) in [7, 11) is 0. The summed E-state index contributed by atoms with van der Waals surface area (Å²) in [6, 6.07) is 6.39. The monoisotopic (exact) mass is 260 g/mol. The van der Waals surface area contributed by atoms with Crippen molar-refractivity contribution < 1.29 is 14.7 Å². The van der Waals surface area contributed by atoms with Crippen molar-refractivity contribution in [1.29, 1.82) is 0 Å². The fraction of sp³-hybridized carbons (Fsp3) is 0.286. The number of hydrogen-bond acceptors (Lipinski definition) is 3. The summed E-state index contributed by atoms with van der Waals surface area (Å²) < 4.78 is 0. The number of benzene rings is 1. The second-order valence-corrected chi connectivity index (χ2v) is 4.09. The van der Waals surface area contributed by atoms with Crippen molar-refractivity contribution >= 4 is 11.8 Å². The molecule has 5 nitrogen and oxygen atoms in total. The SMILES string of the molecule is CC(CC(N)=O)NC(=O)c1cccc(C#CCO)c1. The highest BCUT2D eigenvalue weighted by atomic mass is 16.2. The van der Waals surface area contributed by atoms with Crippen LogP contribution in [0.2, 0.25) is 0 Å². The maximum atomic E-state index is 11.9. The van der Waals surface area contributed by atoms with Gasteiger partial charge in [0.15, 0.2) is 0 Å². The van der Waals surface area contributed by atoms with Gasteiger partial charge in [0.05, 0.1) is 0 Å². The average molecular weight is 260 g/mol. The van der Waals surface area contributed by atoms with Gasteiger partial charge < -0.3 is 16.2 Å². The molecule has 0 aliphatic carbocycles. The fourth-order valence-electron chi connectivity index (χ4n) is 1.54. The zero-order valence-corrected chi connectivity index (χ0v) is 10.6. The van der Waals surface area contributed by atoms with Crippen LogP contribution in [0, 0.1) is 11.8 Å². The van der Waals surface area contributed by atoms with Crippen LogP contribution in [0.3, 0.4) is 0 Å². The molecule has 0 aliphatic heterocycles. The van der Waals surface area contributed by atoms with Gasteiger partial charge in [-0.2, -0.15) is 0 Å². The predicted molar refractivity (Wildman–Crippen MR) is 71.1 cm³/mol. The van der Waals surface area contributed by atoms with Crippen molar-refractivity contribution in [2.75, 3.05) is 6.61 Å². The van der Waals surface area contributed by atoms with Crippen molar-refractivity contribution in [1.82, 2.24) is 5.32 Å². The lowest BCUT2D eigenvalue weighted by atomic mass is 10.1. The Bertz CT molecular complexity index is 529. The van der Waals surface area contributed by atoms with Gasteiger partial charge >= 0.3 is 0 Å². The first kappa shape index (κ1) is 14.7. The Morgan fingerprint density at radius 1 is 1.47 bits per heavy atom. The average Bonchev–Trinajstić information content (AvgIpc) is 2.35. The highest BCUT2D eigenvalue weighted by molar-refractivity contribution is 5.95. The Hall–Kier alpha value is -2.32. The van der Waals surface area contributed by atoms with E-state index < -0.39 is 5.91 Å². The molecule has 4 N–H and O–H groups in total. The molecule has 0 saturated carbocycles. The number of primary amides is 1. The predicted octanol–water partition coefficient (Wildman–Crippen LogP) is 0.0241. The molecular weight excluding hydrogens is 244 g/mol. The van der Waals surface area contributed by atoms with E-state index in [1.165, 1.54) is 0 Å². The summed E-state index contributed by atoms with van der Waals surface area (Å²) in [6.45, 7) is 1.48. The maximum Gasteiger partial charge on any atom is 0.251 e. The molecule has 0 aliphatic rings. The zero-order valence-electron chi connectivity index (χ0n) is 10.6. The number of carbonyl (C=O) groups excluding carboxylic acids is 2. The van der Waals surface area contributed by atoms with Crippen LogP contribution in [-0.4, -0.2) is 29.6 Å². The molecule has 19 heavy (non-hydrogen) atoms. The Labute approximate surface area is 111 Å². The zero-order chi connectivity index (χ0) is 14.3. The van der Waals surface area contributed by atoms with E-state index in [-0.39, 0.29) is 25.0 Å². The first-order valence-electron chi connectivity index (χ1n) is 5.82. The van der Waals surface area contributed by atoms with Crippen molar-refractivity contribution in [2.24, 2.45) is 5.73 Å². The molecule has 0 radical (unpaired) electrons. The molecular formula is C14H16N2O3. The summed E-state index contributed by atoms with van der Waals surface area (Å²) >= 11 is 0. The van der Waals surface area contributed by atoms with E-state index in [9.17, 15) is 9.59 Å². The van der Waals surface area contributed by atoms with Crippen molar-refractivity contribution in [2.45, 2.75) is 19.4 Å². The Balaban J connectivity index is 2.74. The minimum absolute atomic E-state index is 0.0930. The third kappa shape index (κ3) is 5.23. The van der Waals surface area contributed by atoms with E-state index in [1.807, 2.05) is 0 Å². The minimum Gasteiger partial charge on any atom is -0.384 e. The number of aliphatic hydroxyl groups is 1. The Kier molecular flexibility index (Phi) is 5.58. The second kappa shape index (κ2) is 7.19. The van der Waals surface area contributed by atoms with Gasteiger partial charge in [0.25, 0.3) is 5.91 Å². The van der Waals surface area contributed by atoms with E-state index >= 15 is 0 Å². The van der Waals surface area contributed by atoms with E-state index in [4.69, 9.17) is 10.8 Å². The number of carbonyl (C=O) groups is 2. The van der Waals surface area contributed by atoms with E-state index in [0.717, 1.165) is 0 Å². The quantitative estimate of drug-likeness (QED) is 0.666. The second-order valence-electron chi connectivity index (χ2n) is 4.09. The molecule has 0 aromatic heterocycles. The first-order valence-corrected chi connectivity index (χ1v) is 5.82. The van der Waals surface area contributed by atoms with Crippen LogP contribution in [0.15, 0.2) is 24.3 Å². The normalized spacial score (nSPS) is 11.1. The molecule has 1 aromatic rings. The molecule has 1 atom stereocenters. The molecule has 1 aromatic carbocycles. The van der Waals surface area contributed by atoms with Gasteiger partial charge in [-0.3, -0.25) is 9.59 Å². The highest BCUT2D eigenvalue weighted by Crippen LogP contribution is 2.05. The standard InChI is InChI=1S/C14H16N2O3/c1-10(8-13(15)18)16-14(19)12-6-2-4-11(9-12)5-3-7-17/h2,4,6,9-10,17H,7-8H2,1H3,(H2,15,18)(H,16,19). The molecule has 2 amide bonds. The van der Waals surface area contributed by atoms with Crippen LogP contribution < -0.4 is 11.1 Å². The largest absolute Gasteiger partial charge is 0.384 e. The summed E-state index contributed by atoms with van der Waals surface area (Å²) in [5.41, 5.74) is 6.14. The van der Waals surface area contributed by atoms with Crippen LogP contribution in [0.4, 0.5) is 0 Å². The number of rotatable bonds is 4. The van der Waals surface area contributed by atoms with E-state index in [1.54, 1.807) is 31.2 Å². The van der Waals surface area contributed by atoms with Gasteiger partial charge in [0.1, 0.15) is 6.61 Å². The third-order valence-electron chi connectivity index (χ3n) is 2.32. The van der Waals surface area contributed by atoms with E-state index in [2.05, 4.69) is 17.2 Å². The summed E-state index contributed by atoms with van der Waals surface area (Å²) in [6.07, 6.45) is 0.0930. The number of amides is 2. The first-order chi connectivity index (χ1) is 9.02. The highest BCUT2D eigenvalue weighted by Gasteiger charge is 2.11. The maximum absolute atomic E-state index is 11.9. The lowest BCUT2D eigenvalue weighted by molar-refractivity contribution is -0.118. The van der Waals surface area contributed by atoms with Crippen molar-refractivity contribution in [3.63, 3.8) is 0 Å². The summed E-state index contributed by atoms with van der Waals surface area (Å²) in [4.78, 5) is 22.6. The Morgan fingerprint density at radius 2 is 2.21 bits per heavy atom. The lowest BCUT2D eigenvalue weighted by Crippen LogP contribution is -2.35. The van der Waals surface area contributed by atoms with Crippen molar-refractivity contribution in [3.05, 3.63) is 35.4 Å². The number of aliphatic hydroxyl groups excluding tert-OH is 1. The molecule has 100 valence electrons. The fourth-order valence-corrected chi connectivity index (χ4v) is 1.54. The number of nitrogens with two attached hydrogens (primary N) is 1. The minimum atomic E-state index is -0.463. The van der Waals surface area contributed by atoms with Gasteiger partial charge in [0.2, 0.25) is 5.91 Å². The molecule has 0 fully saturated rings. The third-order valence-corrected chi connectivity index (χ3v) is 2.32. The molecule has 5 heteroatoms. The molecule has 0 saturated heterocycles. The molecule has 0 spiro atoms. The molecule has 1 rings (SSSR count). The lowest BCUT2D eigenvalue weighted by Gasteiger charge is -2.12. The van der Waals surface area contributed by atoms with Crippen LogP contribution in [0.5, 0.6) is 0 Å². The smallest absolute Gasteiger partial charge is 0.251 e. The van der Waals surface area contributed by atoms with Crippen LogP contribution >= 0.6 is 0 Å². The van der Waals surface area contributed by atoms with Crippen molar-refractivity contribution in [3.8, 4) is 11.8 Å². The van der Waals surface area contributed by atoms with Gasteiger partial charge in [0, 0.05) is 23.6 Å². The van der Waals surface area contributed by atoms with E-state index in [0.29, 0.717) is 11.1 Å². The number of hydrogen-bond donors (Lipinski definition) is 3.